The van der Waals surface area contributed by atoms with Crippen LogP contribution in [0.3, 0.4) is 0 Å². The Morgan fingerprint density at radius 1 is 1.06 bits per heavy atom. The minimum Gasteiger partial charge on any atom is -0.383 e. The Kier molecular flexibility index (Phi) is 4.24. The maximum Gasteiger partial charge on any atom is 0.114 e. The first-order chi connectivity index (χ1) is 7.58. The van der Waals surface area contributed by atoms with Gasteiger partial charge in [0.2, 0.25) is 0 Å². The molecule has 16 heavy (non-hydrogen) atoms. The van der Waals surface area contributed by atoms with Gasteiger partial charge in [0.25, 0.3) is 0 Å². The lowest BCUT2D eigenvalue weighted by molar-refractivity contribution is 0.223. The molecule has 2 aromatic rings. The van der Waals surface area contributed by atoms with Crippen LogP contribution in [-0.2, 0) is 0 Å². The number of aliphatic hydroxyl groups is 1. The Balaban J connectivity index is 2.41. The van der Waals surface area contributed by atoms with Crippen molar-refractivity contribution >= 4 is 59.1 Å². The van der Waals surface area contributed by atoms with Crippen LogP contribution in [0, 0.1) is 0 Å². The summed E-state index contributed by atoms with van der Waals surface area (Å²) in [7, 11) is 0. The molecule has 0 aliphatic rings. The van der Waals surface area contributed by atoms with Gasteiger partial charge in [0, 0.05) is 13.4 Å². The van der Waals surface area contributed by atoms with E-state index < -0.39 is 6.10 Å². The third kappa shape index (κ3) is 2.76. The quantitative estimate of drug-likeness (QED) is 0.706. The largest absolute Gasteiger partial charge is 0.383 e. The number of thiophene rings is 1. The summed E-state index contributed by atoms with van der Waals surface area (Å²) in [5.41, 5.74) is 0.865. The summed E-state index contributed by atoms with van der Waals surface area (Å²) < 4.78 is 2.84. The highest BCUT2D eigenvalue weighted by Crippen LogP contribution is 2.35. The zero-order valence-corrected chi connectivity index (χ0v) is 13.5. The maximum atomic E-state index is 10.2. The van der Waals surface area contributed by atoms with Gasteiger partial charge in [-0.15, -0.1) is 11.3 Å². The molecular weight excluding hydrogens is 420 g/mol. The molecule has 0 aliphatic carbocycles. The second kappa shape index (κ2) is 5.31. The van der Waals surface area contributed by atoms with E-state index >= 15 is 0 Å². The molecule has 0 radical (unpaired) electrons. The van der Waals surface area contributed by atoms with Crippen molar-refractivity contribution in [1.82, 2.24) is 0 Å². The first-order valence-corrected chi connectivity index (χ1v) is 7.71. The topological polar surface area (TPSA) is 20.2 Å². The number of rotatable bonds is 2. The van der Waals surface area contributed by atoms with Crippen LogP contribution in [0.1, 0.15) is 16.5 Å². The van der Waals surface area contributed by atoms with Gasteiger partial charge in [-0.1, -0.05) is 31.9 Å². The molecule has 1 heterocycles. The molecule has 0 fully saturated rings. The zero-order chi connectivity index (χ0) is 11.7. The molecule has 0 spiro atoms. The van der Waals surface area contributed by atoms with Gasteiger partial charge in [0.15, 0.2) is 0 Å². The van der Waals surface area contributed by atoms with E-state index in [0.29, 0.717) is 0 Å². The van der Waals surface area contributed by atoms with E-state index in [1.165, 1.54) is 11.3 Å². The molecule has 1 atom stereocenters. The Morgan fingerprint density at radius 2 is 1.69 bits per heavy atom. The van der Waals surface area contributed by atoms with Gasteiger partial charge in [-0.25, -0.2) is 0 Å². The predicted molar refractivity (Wildman–Crippen MR) is 77.9 cm³/mol. The van der Waals surface area contributed by atoms with Crippen LogP contribution in [0.5, 0.6) is 0 Å². The molecule has 0 aliphatic heterocycles. The van der Waals surface area contributed by atoms with Gasteiger partial charge in [-0.05, 0) is 51.1 Å². The normalized spacial score (nSPS) is 12.8. The number of halogens is 3. The number of benzene rings is 1. The molecule has 84 valence electrons. The summed E-state index contributed by atoms with van der Waals surface area (Å²) in [6.45, 7) is 0. The van der Waals surface area contributed by atoms with Crippen LogP contribution in [0.15, 0.2) is 43.1 Å². The van der Waals surface area contributed by atoms with E-state index in [0.717, 1.165) is 23.9 Å². The first kappa shape index (κ1) is 12.8. The monoisotopic (exact) mass is 424 g/mol. The molecule has 0 saturated carbocycles. The van der Waals surface area contributed by atoms with Crippen LogP contribution in [-0.4, -0.2) is 5.11 Å². The zero-order valence-electron chi connectivity index (χ0n) is 7.95. The SMILES string of the molecule is OC(c1cc(Br)cc(Br)c1)c1sccc1Br. The number of hydrogen-bond acceptors (Lipinski definition) is 2. The van der Waals surface area contributed by atoms with Gasteiger partial charge in [-0.3, -0.25) is 0 Å². The molecule has 2 rings (SSSR count). The molecule has 0 saturated heterocycles. The molecule has 1 unspecified atom stereocenters. The predicted octanol–water partition coefficient (Wildman–Crippen LogP) is 5.12. The molecule has 1 aromatic carbocycles. The summed E-state index contributed by atoms with van der Waals surface area (Å²) in [6, 6.07) is 7.72. The Morgan fingerprint density at radius 3 is 2.19 bits per heavy atom. The lowest BCUT2D eigenvalue weighted by atomic mass is 10.1. The summed E-state index contributed by atoms with van der Waals surface area (Å²) in [6.07, 6.45) is -0.594. The lowest BCUT2D eigenvalue weighted by Gasteiger charge is -2.11. The van der Waals surface area contributed by atoms with Gasteiger partial charge in [-0.2, -0.15) is 0 Å². The third-order valence-electron chi connectivity index (χ3n) is 2.09. The third-order valence-corrected chi connectivity index (χ3v) is 4.93. The van der Waals surface area contributed by atoms with Crippen molar-refractivity contribution in [3.05, 3.63) is 53.5 Å². The first-order valence-electron chi connectivity index (χ1n) is 4.45. The van der Waals surface area contributed by atoms with Crippen LogP contribution in [0.4, 0.5) is 0 Å². The highest BCUT2D eigenvalue weighted by atomic mass is 79.9. The molecule has 0 bridgehead atoms. The average Bonchev–Trinajstić information content (AvgIpc) is 2.62. The van der Waals surface area contributed by atoms with E-state index in [2.05, 4.69) is 47.8 Å². The van der Waals surface area contributed by atoms with E-state index in [1.807, 2.05) is 29.6 Å². The summed E-state index contributed by atoms with van der Waals surface area (Å²) >= 11 is 11.8. The lowest BCUT2D eigenvalue weighted by Crippen LogP contribution is -1.97. The van der Waals surface area contributed by atoms with Gasteiger partial charge in [0.1, 0.15) is 6.10 Å². The summed E-state index contributed by atoms with van der Waals surface area (Å²) in [5, 5.41) is 12.2. The second-order valence-electron chi connectivity index (χ2n) is 3.24. The van der Waals surface area contributed by atoms with E-state index in [4.69, 9.17) is 0 Å². The molecule has 1 aromatic heterocycles. The fourth-order valence-electron chi connectivity index (χ4n) is 1.38. The van der Waals surface area contributed by atoms with Gasteiger partial charge in [0.05, 0.1) is 4.88 Å². The van der Waals surface area contributed by atoms with Gasteiger partial charge >= 0.3 is 0 Å². The minimum atomic E-state index is -0.594. The fraction of sp³-hybridized carbons (Fsp3) is 0.0909. The van der Waals surface area contributed by atoms with Crippen LogP contribution >= 0.6 is 59.1 Å². The van der Waals surface area contributed by atoms with Crippen molar-refractivity contribution in [2.24, 2.45) is 0 Å². The Hall–Kier alpha value is 0.320. The highest BCUT2D eigenvalue weighted by Gasteiger charge is 2.15. The molecule has 5 heteroatoms. The summed E-state index contributed by atoms with van der Waals surface area (Å²) in [5.74, 6) is 0. The fourth-order valence-corrected chi connectivity index (χ4v) is 4.31. The standard InChI is InChI=1S/C11H7Br3OS/c12-7-3-6(4-8(13)5-7)10(15)11-9(14)1-2-16-11/h1-5,10,15H. The highest BCUT2D eigenvalue weighted by molar-refractivity contribution is 9.11. The van der Waals surface area contributed by atoms with Crippen LogP contribution in [0.25, 0.3) is 0 Å². The molecular formula is C11H7Br3OS. The van der Waals surface area contributed by atoms with E-state index in [1.54, 1.807) is 0 Å². The molecule has 1 nitrogen and oxygen atoms in total. The molecule has 0 amide bonds. The minimum absolute atomic E-state index is 0.594. The molecule has 1 N–H and O–H groups in total. The maximum absolute atomic E-state index is 10.2. The second-order valence-corrected chi connectivity index (χ2v) is 6.87. The van der Waals surface area contributed by atoms with Crippen LogP contribution in [0.2, 0.25) is 0 Å². The van der Waals surface area contributed by atoms with Crippen molar-refractivity contribution in [3.63, 3.8) is 0 Å². The number of aliphatic hydroxyl groups excluding tert-OH is 1. The van der Waals surface area contributed by atoms with Crippen molar-refractivity contribution in [1.29, 1.82) is 0 Å². The van der Waals surface area contributed by atoms with Crippen LogP contribution < -0.4 is 0 Å². The smallest absolute Gasteiger partial charge is 0.114 e. The average molecular weight is 427 g/mol. The van der Waals surface area contributed by atoms with Crippen molar-refractivity contribution in [2.45, 2.75) is 6.10 Å². The Labute approximate surface area is 123 Å². The number of hydrogen-bond donors (Lipinski definition) is 1. The summed E-state index contributed by atoms with van der Waals surface area (Å²) in [4.78, 5) is 0.921. The van der Waals surface area contributed by atoms with Crippen molar-refractivity contribution in [2.75, 3.05) is 0 Å². The van der Waals surface area contributed by atoms with Crippen molar-refractivity contribution in [3.8, 4) is 0 Å². The van der Waals surface area contributed by atoms with E-state index in [9.17, 15) is 5.11 Å². The van der Waals surface area contributed by atoms with Crippen molar-refractivity contribution < 1.29 is 5.11 Å². The van der Waals surface area contributed by atoms with Gasteiger partial charge < -0.3 is 5.11 Å². The Bertz CT molecular complexity index is 489. The van der Waals surface area contributed by atoms with E-state index in [-0.39, 0.29) is 0 Å².